The molecule has 0 aliphatic heterocycles. The van der Waals surface area contributed by atoms with Crippen LogP contribution in [-0.4, -0.2) is 27.9 Å². The monoisotopic (exact) mass is 392 g/mol. The Kier molecular flexibility index (Phi) is 6.82. The Balaban J connectivity index is 1.66. The first-order valence-electron chi connectivity index (χ1n) is 8.93. The molecule has 0 saturated carbocycles. The molecule has 28 heavy (non-hydrogen) atoms. The van der Waals surface area contributed by atoms with Crippen molar-refractivity contribution in [1.29, 1.82) is 5.26 Å². The summed E-state index contributed by atoms with van der Waals surface area (Å²) < 4.78 is 5.69. The normalized spacial score (nSPS) is 11.6. The van der Waals surface area contributed by atoms with Crippen LogP contribution in [0.1, 0.15) is 24.8 Å². The van der Waals surface area contributed by atoms with Crippen LogP contribution in [0.3, 0.4) is 0 Å². The van der Waals surface area contributed by atoms with Gasteiger partial charge in [0.2, 0.25) is 11.8 Å². The molecule has 2 aromatic carbocycles. The van der Waals surface area contributed by atoms with E-state index in [-0.39, 0.29) is 12.3 Å². The summed E-state index contributed by atoms with van der Waals surface area (Å²) in [5.41, 5.74) is 1.85. The lowest BCUT2D eigenvalue weighted by molar-refractivity contribution is -0.117. The molecule has 7 heteroatoms. The number of hydrogen-bond acceptors (Lipinski definition) is 6. The molecule has 0 radical (unpaired) electrons. The van der Waals surface area contributed by atoms with Gasteiger partial charge in [-0.15, -0.1) is 10.2 Å². The van der Waals surface area contributed by atoms with Crippen molar-refractivity contribution in [2.45, 2.75) is 30.2 Å². The van der Waals surface area contributed by atoms with Crippen molar-refractivity contribution < 1.29 is 9.21 Å². The van der Waals surface area contributed by atoms with Gasteiger partial charge in [0.1, 0.15) is 0 Å². The van der Waals surface area contributed by atoms with Crippen molar-refractivity contribution >= 4 is 23.4 Å². The van der Waals surface area contributed by atoms with E-state index in [0.29, 0.717) is 24.1 Å². The smallest absolute Gasteiger partial charge is 0.277 e. The summed E-state index contributed by atoms with van der Waals surface area (Å²) in [7, 11) is 0. The summed E-state index contributed by atoms with van der Waals surface area (Å²) in [5, 5.41) is 17.0. The second-order valence-electron chi connectivity index (χ2n) is 6.12. The predicted molar refractivity (Wildman–Crippen MR) is 108 cm³/mol. The zero-order chi connectivity index (χ0) is 19.8. The molecule has 0 spiro atoms. The first-order chi connectivity index (χ1) is 13.7. The Bertz CT molecular complexity index is 938. The van der Waals surface area contributed by atoms with Crippen LogP contribution in [0.5, 0.6) is 0 Å². The lowest BCUT2D eigenvalue weighted by Gasteiger charge is -2.24. The zero-order valence-electron chi connectivity index (χ0n) is 15.5. The highest BCUT2D eigenvalue weighted by Crippen LogP contribution is 2.26. The molecule has 0 aliphatic carbocycles. The van der Waals surface area contributed by atoms with E-state index in [1.54, 1.807) is 11.8 Å². The number of nitriles is 1. The molecule has 142 valence electrons. The van der Waals surface area contributed by atoms with E-state index in [2.05, 4.69) is 16.3 Å². The zero-order valence-corrected chi connectivity index (χ0v) is 16.3. The molecule has 0 unspecified atom stereocenters. The molecular weight excluding hydrogens is 372 g/mol. The van der Waals surface area contributed by atoms with Crippen LogP contribution in [0.15, 0.2) is 70.3 Å². The van der Waals surface area contributed by atoms with Crippen molar-refractivity contribution in [3.8, 4) is 6.07 Å². The molecule has 3 aromatic rings. The third-order valence-electron chi connectivity index (χ3n) is 4.05. The first-order valence-corrected chi connectivity index (χ1v) is 9.81. The summed E-state index contributed by atoms with van der Waals surface area (Å²) in [5.74, 6) is 0.409. The summed E-state index contributed by atoms with van der Waals surface area (Å²) in [4.78, 5) is 14.6. The third-order valence-corrected chi connectivity index (χ3v) is 4.97. The molecule has 0 fully saturated rings. The average Bonchev–Trinajstić information content (AvgIpc) is 3.16. The van der Waals surface area contributed by atoms with Gasteiger partial charge in [-0.1, -0.05) is 60.3 Å². The van der Waals surface area contributed by atoms with Gasteiger partial charge in [0, 0.05) is 12.2 Å². The van der Waals surface area contributed by atoms with Gasteiger partial charge in [-0.3, -0.25) is 4.79 Å². The molecule has 0 saturated heterocycles. The van der Waals surface area contributed by atoms with Crippen molar-refractivity contribution in [1.82, 2.24) is 10.2 Å². The summed E-state index contributed by atoms with van der Waals surface area (Å²) in [6, 6.07) is 21.3. The number of hydrogen-bond donors (Lipinski definition) is 0. The SMILES string of the molecule is C[C@@H](Sc1nnc(Cc2ccccc2)o1)C(=O)N(CCC#N)c1ccccc1. The van der Waals surface area contributed by atoms with Crippen molar-refractivity contribution in [2.75, 3.05) is 11.4 Å². The summed E-state index contributed by atoms with van der Waals surface area (Å²) in [6.45, 7) is 2.14. The van der Waals surface area contributed by atoms with E-state index in [1.165, 1.54) is 11.8 Å². The molecule has 1 aromatic heterocycles. The van der Waals surface area contributed by atoms with E-state index in [4.69, 9.17) is 9.68 Å². The number of para-hydroxylation sites is 1. The number of carbonyl (C=O) groups is 1. The lowest BCUT2D eigenvalue weighted by atomic mass is 10.2. The van der Waals surface area contributed by atoms with Gasteiger partial charge in [0.15, 0.2) is 0 Å². The van der Waals surface area contributed by atoms with Gasteiger partial charge in [-0.05, 0) is 24.6 Å². The van der Waals surface area contributed by atoms with Crippen LogP contribution >= 0.6 is 11.8 Å². The van der Waals surface area contributed by atoms with Gasteiger partial charge in [0.25, 0.3) is 5.22 Å². The van der Waals surface area contributed by atoms with Crippen LogP contribution < -0.4 is 4.90 Å². The highest BCUT2D eigenvalue weighted by atomic mass is 32.2. The number of carbonyl (C=O) groups excluding carboxylic acids is 1. The average molecular weight is 392 g/mol. The third kappa shape index (κ3) is 5.21. The van der Waals surface area contributed by atoms with Crippen LogP contribution in [0.25, 0.3) is 0 Å². The van der Waals surface area contributed by atoms with Gasteiger partial charge in [0.05, 0.1) is 24.2 Å². The molecule has 0 bridgehead atoms. The Morgan fingerprint density at radius 2 is 1.82 bits per heavy atom. The van der Waals surface area contributed by atoms with E-state index in [0.717, 1.165) is 11.3 Å². The van der Waals surface area contributed by atoms with Crippen LogP contribution in [0.4, 0.5) is 5.69 Å². The molecule has 1 atom stereocenters. The Morgan fingerprint density at radius 3 is 2.50 bits per heavy atom. The van der Waals surface area contributed by atoms with Gasteiger partial charge < -0.3 is 9.32 Å². The van der Waals surface area contributed by atoms with Crippen molar-refractivity contribution in [3.05, 3.63) is 72.1 Å². The van der Waals surface area contributed by atoms with Crippen LogP contribution in [-0.2, 0) is 11.2 Å². The van der Waals surface area contributed by atoms with E-state index in [9.17, 15) is 4.79 Å². The van der Waals surface area contributed by atoms with Crippen LogP contribution in [0, 0.1) is 11.3 Å². The molecule has 1 amide bonds. The number of anilines is 1. The number of nitrogens with zero attached hydrogens (tertiary/aromatic N) is 4. The van der Waals surface area contributed by atoms with Gasteiger partial charge in [-0.25, -0.2) is 0 Å². The Labute approximate surface area is 168 Å². The molecule has 3 rings (SSSR count). The predicted octanol–water partition coefficient (Wildman–Crippen LogP) is 4.09. The maximum atomic E-state index is 13.0. The maximum Gasteiger partial charge on any atom is 0.277 e. The van der Waals surface area contributed by atoms with Crippen LogP contribution in [0.2, 0.25) is 0 Å². The Morgan fingerprint density at radius 1 is 1.14 bits per heavy atom. The van der Waals surface area contributed by atoms with Crippen molar-refractivity contribution in [2.24, 2.45) is 0 Å². The second-order valence-corrected chi connectivity index (χ2v) is 7.41. The minimum absolute atomic E-state index is 0.103. The number of rotatable bonds is 8. The number of thioether (sulfide) groups is 1. The molecule has 1 heterocycles. The molecule has 6 nitrogen and oxygen atoms in total. The standard InChI is InChI=1S/C21H20N4O2S/c1-16(20(26)25(14-8-13-22)18-11-6-3-7-12-18)28-21-24-23-19(27-21)15-17-9-4-2-5-10-17/h2-7,9-12,16H,8,14-15H2,1H3/t16-/m1/s1. The number of amides is 1. The number of benzene rings is 2. The first kappa shape index (κ1) is 19.6. The Hall–Kier alpha value is -3.11. The molecule has 0 aliphatic rings. The second kappa shape index (κ2) is 9.72. The van der Waals surface area contributed by atoms with Gasteiger partial charge >= 0.3 is 0 Å². The largest absolute Gasteiger partial charge is 0.416 e. The highest BCUT2D eigenvalue weighted by molar-refractivity contribution is 8.00. The summed E-state index contributed by atoms with van der Waals surface area (Å²) >= 11 is 1.23. The molecular formula is C21H20N4O2S. The molecule has 0 N–H and O–H groups in total. The summed E-state index contributed by atoms with van der Waals surface area (Å²) in [6.07, 6.45) is 0.814. The fraction of sp³-hybridized carbons (Fsp3) is 0.238. The minimum atomic E-state index is -0.427. The van der Waals surface area contributed by atoms with E-state index < -0.39 is 5.25 Å². The topological polar surface area (TPSA) is 83.0 Å². The van der Waals surface area contributed by atoms with E-state index >= 15 is 0 Å². The fourth-order valence-electron chi connectivity index (χ4n) is 2.69. The highest BCUT2D eigenvalue weighted by Gasteiger charge is 2.24. The van der Waals surface area contributed by atoms with Crippen molar-refractivity contribution in [3.63, 3.8) is 0 Å². The lowest BCUT2D eigenvalue weighted by Crippen LogP contribution is -2.37. The van der Waals surface area contributed by atoms with E-state index in [1.807, 2.05) is 60.7 Å². The minimum Gasteiger partial charge on any atom is -0.416 e. The quantitative estimate of drug-likeness (QED) is 0.537. The number of aromatic nitrogens is 2. The maximum absolute atomic E-state index is 13.0. The van der Waals surface area contributed by atoms with Gasteiger partial charge in [-0.2, -0.15) is 5.26 Å². The fourth-order valence-corrected chi connectivity index (χ4v) is 3.45.